The number of carbonyl (C=O) groups is 2. The number of hydrogen-bond acceptors (Lipinski definition) is 4. The van der Waals surface area contributed by atoms with Crippen LogP contribution in [0, 0.1) is 5.92 Å². The normalized spacial score (nSPS) is 20.1. The molecule has 0 aliphatic carbocycles. The number of rotatable bonds is 4. The molecule has 2 heterocycles. The first-order valence-electron chi connectivity index (χ1n) is 7.37. The molecule has 1 fully saturated rings. The van der Waals surface area contributed by atoms with E-state index in [2.05, 4.69) is 10.3 Å². The third kappa shape index (κ3) is 2.68. The fourth-order valence-electron chi connectivity index (χ4n) is 2.84. The highest BCUT2D eigenvalue weighted by atomic mass is 16.6. The summed E-state index contributed by atoms with van der Waals surface area (Å²) in [5, 5.41) is 2.88. The van der Waals surface area contributed by atoms with Gasteiger partial charge in [0.1, 0.15) is 5.60 Å². The third-order valence-corrected chi connectivity index (χ3v) is 4.08. The summed E-state index contributed by atoms with van der Waals surface area (Å²) in [7, 11) is 0. The zero-order valence-corrected chi connectivity index (χ0v) is 12.7. The summed E-state index contributed by atoms with van der Waals surface area (Å²) in [5.41, 5.74) is 1.24. The minimum Gasteiger partial charge on any atom is -0.459 e. The van der Waals surface area contributed by atoms with Crippen LogP contribution in [-0.2, 0) is 20.9 Å². The first-order chi connectivity index (χ1) is 10.5. The standard InChI is InChI=1S/C16H19N3O3/c1-16(2)11(9-14(20)22-16)15(21)17-7-8-19-10-18-12-5-3-4-6-13(12)19/h3-6,10-11H,7-9H2,1-2H3,(H,17,21)/t11-/m0/s1. The molecule has 0 spiro atoms. The predicted octanol–water partition coefficient (Wildman–Crippen LogP) is 1.49. The van der Waals surface area contributed by atoms with Gasteiger partial charge in [-0.1, -0.05) is 12.1 Å². The average molecular weight is 301 g/mol. The van der Waals surface area contributed by atoms with Crippen molar-refractivity contribution in [2.45, 2.75) is 32.4 Å². The topological polar surface area (TPSA) is 73.2 Å². The van der Waals surface area contributed by atoms with Crippen molar-refractivity contribution in [1.29, 1.82) is 0 Å². The Morgan fingerprint density at radius 3 is 2.95 bits per heavy atom. The number of aromatic nitrogens is 2. The predicted molar refractivity (Wildman–Crippen MR) is 81.0 cm³/mol. The lowest BCUT2D eigenvalue weighted by molar-refractivity contribution is -0.147. The van der Waals surface area contributed by atoms with Gasteiger partial charge in [0.25, 0.3) is 0 Å². The van der Waals surface area contributed by atoms with Crippen molar-refractivity contribution in [3.8, 4) is 0 Å². The number of imidazole rings is 1. The van der Waals surface area contributed by atoms with Crippen LogP contribution in [0.25, 0.3) is 11.0 Å². The van der Waals surface area contributed by atoms with Crippen molar-refractivity contribution in [2.75, 3.05) is 6.54 Å². The van der Waals surface area contributed by atoms with Gasteiger partial charge >= 0.3 is 5.97 Å². The molecule has 0 radical (unpaired) electrons. The van der Waals surface area contributed by atoms with Gasteiger partial charge in [0.05, 0.1) is 29.7 Å². The van der Waals surface area contributed by atoms with E-state index in [0.29, 0.717) is 13.1 Å². The maximum atomic E-state index is 12.2. The van der Waals surface area contributed by atoms with Crippen LogP contribution in [0.4, 0.5) is 0 Å². The molecule has 6 heteroatoms. The number of fused-ring (bicyclic) bond motifs is 1. The highest BCUT2D eigenvalue weighted by Gasteiger charge is 2.45. The van der Waals surface area contributed by atoms with Crippen molar-refractivity contribution in [3.05, 3.63) is 30.6 Å². The van der Waals surface area contributed by atoms with Crippen LogP contribution in [0.15, 0.2) is 30.6 Å². The number of para-hydroxylation sites is 2. The van der Waals surface area contributed by atoms with Gasteiger partial charge < -0.3 is 14.6 Å². The van der Waals surface area contributed by atoms with Crippen LogP contribution in [0.2, 0.25) is 0 Å². The fourth-order valence-corrected chi connectivity index (χ4v) is 2.84. The molecule has 22 heavy (non-hydrogen) atoms. The second-order valence-corrected chi connectivity index (χ2v) is 6.05. The van der Waals surface area contributed by atoms with Gasteiger partial charge in [0.15, 0.2) is 0 Å². The molecule has 2 aromatic rings. The summed E-state index contributed by atoms with van der Waals surface area (Å²) in [5.74, 6) is -0.884. The fraction of sp³-hybridized carbons (Fsp3) is 0.438. The molecule has 1 N–H and O–H groups in total. The van der Waals surface area contributed by atoms with Gasteiger partial charge in [-0.05, 0) is 26.0 Å². The van der Waals surface area contributed by atoms with Gasteiger partial charge in [-0.25, -0.2) is 4.98 Å². The molecule has 3 rings (SSSR count). The van der Waals surface area contributed by atoms with E-state index in [9.17, 15) is 9.59 Å². The number of nitrogens with zero attached hydrogens (tertiary/aromatic N) is 2. The number of ether oxygens (including phenoxy) is 1. The van der Waals surface area contributed by atoms with Crippen molar-refractivity contribution >= 4 is 22.9 Å². The van der Waals surface area contributed by atoms with Crippen molar-refractivity contribution in [2.24, 2.45) is 5.92 Å². The van der Waals surface area contributed by atoms with E-state index in [-0.39, 0.29) is 18.3 Å². The summed E-state index contributed by atoms with van der Waals surface area (Å²) >= 11 is 0. The highest BCUT2D eigenvalue weighted by molar-refractivity contribution is 5.87. The quantitative estimate of drug-likeness (QED) is 0.868. The minimum absolute atomic E-state index is 0.139. The SMILES string of the molecule is CC1(C)OC(=O)C[C@H]1C(=O)NCCn1cnc2ccccc21. The van der Waals surface area contributed by atoms with E-state index in [1.165, 1.54) is 0 Å². The largest absolute Gasteiger partial charge is 0.459 e. The molecular weight excluding hydrogens is 282 g/mol. The smallest absolute Gasteiger partial charge is 0.307 e. The van der Waals surface area contributed by atoms with Crippen LogP contribution in [0.3, 0.4) is 0 Å². The third-order valence-electron chi connectivity index (χ3n) is 4.08. The molecule has 1 aliphatic rings. The van der Waals surface area contributed by atoms with E-state index in [4.69, 9.17) is 4.74 Å². The van der Waals surface area contributed by atoms with Crippen LogP contribution in [0.5, 0.6) is 0 Å². The molecular formula is C16H19N3O3. The summed E-state index contributed by atoms with van der Waals surface area (Å²) in [4.78, 5) is 27.9. The zero-order chi connectivity index (χ0) is 15.7. The molecule has 116 valence electrons. The van der Waals surface area contributed by atoms with Gasteiger partial charge in [-0.15, -0.1) is 0 Å². The Labute approximate surface area is 128 Å². The number of carbonyl (C=O) groups excluding carboxylic acids is 2. The molecule has 1 saturated heterocycles. The lowest BCUT2D eigenvalue weighted by Crippen LogP contribution is -2.41. The lowest BCUT2D eigenvalue weighted by atomic mass is 9.90. The summed E-state index contributed by atoms with van der Waals surface area (Å²) in [6.45, 7) is 4.66. The first-order valence-corrected chi connectivity index (χ1v) is 7.37. The van der Waals surface area contributed by atoms with Crippen LogP contribution in [0.1, 0.15) is 20.3 Å². The van der Waals surface area contributed by atoms with Gasteiger partial charge in [-0.3, -0.25) is 9.59 Å². The molecule has 1 aromatic carbocycles. The van der Waals surface area contributed by atoms with Crippen molar-refractivity contribution in [3.63, 3.8) is 0 Å². The van der Waals surface area contributed by atoms with Crippen molar-refractivity contribution in [1.82, 2.24) is 14.9 Å². The molecule has 0 unspecified atom stereocenters. The maximum Gasteiger partial charge on any atom is 0.307 e. The van der Waals surface area contributed by atoms with E-state index in [1.807, 2.05) is 28.8 Å². The number of nitrogens with one attached hydrogen (secondary N) is 1. The lowest BCUT2D eigenvalue weighted by Gasteiger charge is -2.23. The van der Waals surface area contributed by atoms with Gasteiger partial charge in [0.2, 0.25) is 5.91 Å². The molecule has 1 aliphatic heterocycles. The van der Waals surface area contributed by atoms with E-state index < -0.39 is 11.5 Å². The van der Waals surface area contributed by atoms with Crippen molar-refractivity contribution < 1.29 is 14.3 Å². The number of hydrogen-bond donors (Lipinski definition) is 1. The van der Waals surface area contributed by atoms with Crippen LogP contribution >= 0.6 is 0 Å². The van der Waals surface area contributed by atoms with Gasteiger partial charge in [-0.2, -0.15) is 0 Å². The van der Waals surface area contributed by atoms with Gasteiger partial charge in [0, 0.05) is 13.1 Å². The second-order valence-electron chi connectivity index (χ2n) is 6.05. The monoisotopic (exact) mass is 301 g/mol. The molecule has 6 nitrogen and oxygen atoms in total. The van der Waals surface area contributed by atoms with Crippen LogP contribution in [-0.4, -0.2) is 33.6 Å². The van der Waals surface area contributed by atoms with Crippen LogP contribution < -0.4 is 5.32 Å². The minimum atomic E-state index is -0.733. The first kappa shape index (κ1) is 14.6. The molecule has 1 atom stereocenters. The average Bonchev–Trinajstić information content (AvgIpc) is 2.99. The molecule has 0 saturated carbocycles. The maximum absolute atomic E-state index is 12.2. The Bertz CT molecular complexity index is 720. The second kappa shape index (κ2) is 5.44. The molecule has 1 aromatic heterocycles. The number of cyclic esters (lactones) is 1. The Kier molecular flexibility index (Phi) is 3.60. The van der Waals surface area contributed by atoms with E-state index in [1.54, 1.807) is 20.2 Å². The Morgan fingerprint density at radius 2 is 2.23 bits per heavy atom. The summed E-state index contributed by atoms with van der Waals surface area (Å²) in [6.07, 6.45) is 1.91. The van der Waals surface area contributed by atoms with E-state index >= 15 is 0 Å². The summed E-state index contributed by atoms with van der Waals surface area (Å²) < 4.78 is 7.17. The number of benzene rings is 1. The number of esters is 1. The molecule has 1 amide bonds. The van der Waals surface area contributed by atoms with E-state index in [0.717, 1.165) is 11.0 Å². The highest BCUT2D eigenvalue weighted by Crippen LogP contribution is 2.32. The zero-order valence-electron chi connectivity index (χ0n) is 12.7. The Morgan fingerprint density at radius 1 is 1.45 bits per heavy atom. The number of amides is 1. The Hall–Kier alpha value is -2.37. The summed E-state index contributed by atoms with van der Waals surface area (Å²) in [6, 6.07) is 7.86. The molecule has 0 bridgehead atoms. The Balaban J connectivity index is 1.59.